The van der Waals surface area contributed by atoms with E-state index < -0.39 is 0 Å². The highest BCUT2D eigenvalue weighted by atomic mass is 32.1. The van der Waals surface area contributed by atoms with Crippen molar-refractivity contribution < 1.29 is 0 Å². The first-order valence-corrected chi connectivity index (χ1v) is 7.87. The number of hydrogen-bond donors (Lipinski definition) is 1. The predicted molar refractivity (Wildman–Crippen MR) is 72.1 cm³/mol. The Morgan fingerprint density at radius 3 is 3.00 bits per heavy atom. The van der Waals surface area contributed by atoms with E-state index >= 15 is 0 Å². The van der Waals surface area contributed by atoms with Gasteiger partial charge in [-0.15, -0.1) is 11.3 Å². The lowest BCUT2D eigenvalue weighted by atomic mass is 9.88. The van der Waals surface area contributed by atoms with Crippen LogP contribution in [0.5, 0.6) is 0 Å². The van der Waals surface area contributed by atoms with Crippen LogP contribution in [0.4, 0.5) is 0 Å². The summed E-state index contributed by atoms with van der Waals surface area (Å²) in [5, 5.41) is 7.09. The Hall–Kier alpha value is -0.410. The molecule has 0 radical (unpaired) electrons. The number of aromatic nitrogens is 1. The van der Waals surface area contributed by atoms with Crippen LogP contribution >= 0.6 is 11.3 Å². The van der Waals surface area contributed by atoms with Crippen LogP contribution in [-0.4, -0.2) is 11.5 Å². The van der Waals surface area contributed by atoms with Crippen LogP contribution in [0.15, 0.2) is 11.6 Å². The zero-order valence-electron chi connectivity index (χ0n) is 10.6. The van der Waals surface area contributed by atoms with E-state index in [1.54, 1.807) is 11.3 Å². The van der Waals surface area contributed by atoms with Crippen molar-refractivity contribution in [3.63, 3.8) is 0 Å². The van der Waals surface area contributed by atoms with E-state index in [9.17, 15) is 0 Å². The number of nitrogens with zero attached hydrogens (tertiary/aromatic N) is 1. The SMILES string of the molecule is CCC(NCC1CC2CCC1C2)c1nccs1. The van der Waals surface area contributed by atoms with Crippen molar-refractivity contribution in [3.8, 4) is 0 Å². The Kier molecular flexibility index (Phi) is 3.48. The number of rotatable bonds is 5. The molecule has 2 saturated carbocycles. The summed E-state index contributed by atoms with van der Waals surface area (Å²) in [6.07, 6.45) is 9.05. The molecule has 2 aliphatic carbocycles. The van der Waals surface area contributed by atoms with Crippen molar-refractivity contribution in [1.82, 2.24) is 10.3 Å². The molecule has 1 heterocycles. The zero-order chi connectivity index (χ0) is 11.7. The summed E-state index contributed by atoms with van der Waals surface area (Å²) in [5.41, 5.74) is 0. The average Bonchev–Trinajstić information content (AvgIpc) is 3.06. The maximum Gasteiger partial charge on any atom is 0.109 e. The molecule has 4 unspecified atom stereocenters. The summed E-state index contributed by atoms with van der Waals surface area (Å²) in [4.78, 5) is 4.44. The molecule has 0 aliphatic heterocycles. The summed E-state index contributed by atoms with van der Waals surface area (Å²) in [6, 6.07) is 0.481. The van der Waals surface area contributed by atoms with E-state index in [1.165, 1.54) is 37.2 Å². The maximum atomic E-state index is 4.44. The standard InChI is InChI=1S/C14H22N2S/c1-2-13(14-15-5-6-17-14)16-9-12-8-10-3-4-11(12)7-10/h5-6,10-13,16H,2-4,7-9H2,1H3. The Labute approximate surface area is 108 Å². The first-order chi connectivity index (χ1) is 8.36. The Morgan fingerprint density at radius 2 is 2.41 bits per heavy atom. The minimum Gasteiger partial charge on any atom is -0.308 e. The number of fused-ring (bicyclic) bond motifs is 2. The Morgan fingerprint density at radius 1 is 1.47 bits per heavy atom. The van der Waals surface area contributed by atoms with Gasteiger partial charge in [0.1, 0.15) is 5.01 Å². The minimum absolute atomic E-state index is 0.481. The van der Waals surface area contributed by atoms with Gasteiger partial charge in [-0.1, -0.05) is 13.3 Å². The summed E-state index contributed by atoms with van der Waals surface area (Å²) >= 11 is 1.78. The molecule has 17 heavy (non-hydrogen) atoms. The van der Waals surface area contributed by atoms with Crippen LogP contribution in [0.25, 0.3) is 0 Å². The van der Waals surface area contributed by atoms with Gasteiger partial charge in [0.25, 0.3) is 0 Å². The first-order valence-electron chi connectivity index (χ1n) is 6.99. The number of nitrogens with one attached hydrogen (secondary N) is 1. The molecule has 1 N–H and O–H groups in total. The second-order valence-corrected chi connectivity index (χ2v) is 6.60. The van der Waals surface area contributed by atoms with Crippen LogP contribution < -0.4 is 5.32 Å². The van der Waals surface area contributed by atoms with Gasteiger partial charge in [-0.3, -0.25) is 0 Å². The monoisotopic (exact) mass is 250 g/mol. The highest BCUT2D eigenvalue weighted by molar-refractivity contribution is 7.09. The van der Waals surface area contributed by atoms with Gasteiger partial charge in [-0.05, 0) is 50.0 Å². The number of hydrogen-bond acceptors (Lipinski definition) is 3. The fourth-order valence-electron chi connectivity index (χ4n) is 3.73. The van der Waals surface area contributed by atoms with Gasteiger partial charge in [0.05, 0.1) is 6.04 Å². The highest BCUT2D eigenvalue weighted by Gasteiger charge is 2.39. The van der Waals surface area contributed by atoms with E-state index in [2.05, 4.69) is 22.6 Å². The van der Waals surface area contributed by atoms with E-state index in [-0.39, 0.29) is 0 Å². The molecule has 1 aromatic rings. The van der Waals surface area contributed by atoms with Crippen molar-refractivity contribution in [2.24, 2.45) is 17.8 Å². The molecular formula is C14H22N2S. The smallest absolute Gasteiger partial charge is 0.109 e. The lowest BCUT2D eigenvalue weighted by Crippen LogP contribution is -2.29. The lowest BCUT2D eigenvalue weighted by molar-refractivity contribution is 0.304. The van der Waals surface area contributed by atoms with Crippen molar-refractivity contribution in [3.05, 3.63) is 16.6 Å². The molecule has 3 heteroatoms. The molecule has 1 aromatic heterocycles. The van der Waals surface area contributed by atoms with Gasteiger partial charge < -0.3 is 5.32 Å². The van der Waals surface area contributed by atoms with Gasteiger partial charge in [0.15, 0.2) is 0 Å². The number of thiazole rings is 1. The lowest BCUT2D eigenvalue weighted by Gasteiger charge is -2.24. The fraction of sp³-hybridized carbons (Fsp3) is 0.786. The van der Waals surface area contributed by atoms with Crippen molar-refractivity contribution in [1.29, 1.82) is 0 Å². The van der Waals surface area contributed by atoms with Crippen molar-refractivity contribution >= 4 is 11.3 Å². The maximum absolute atomic E-state index is 4.44. The molecule has 0 spiro atoms. The van der Waals surface area contributed by atoms with Gasteiger partial charge >= 0.3 is 0 Å². The third-order valence-corrected chi connectivity index (χ3v) is 5.56. The molecule has 0 amide bonds. The summed E-state index contributed by atoms with van der Waals surface area (Å²) < 4.78 is 0. The summed E-state index contributed by atoms with van der Waals surface area (Å²) in [7, 11) is 0. The zero-order valence-corrected chi connectivity index (χ0v) is 11.4. The normalized spacial score (nSPS) is 33.1. The Balaban J connectivity index is 1.53. The Bertz CT molecular complexity index is 349. The second-order valence-electron chi connectivity index (χ2n) is 5.67. The van der Waals surface area contributed by atoms with Gasteiger partial charge in [-0.2, -0.15) is 0 Å². The van der Waals surface area contributed by atoms with Crippen LogP contribution in [0.3, 0.4) is 0 Å². The van der Waals surface area contributed by atoms with Gasteiger partial charge in [0.2, 0.25) is 0 Å². The molecular weight excluding hydrogens is 228 g/mol. The largest absolute Gasteiger partial charge is 0.308 e. The average molecular weight is 250 g/mol. The van der Waals surface area contributed by atoms with E-state index in [4.69, 9.17) is 0 Å². The first kappa shape index (κ1) is 11.7. The van der Waals surface area contributed by atoms with Gasteiger partial charge in [-0.25, -0.2) is 4.98 Å². The molecule has 4 atom stereocenters. The molecule has 2 aliphatic rings. The third kappa shape index (κ3) is 2.41. The van der Waals surface area contributed by atoms with Crippen LogP contribution in [0.1, 0.15) is 50.1 Å². The van der Waals surface area contributed by atoms with E-state index in [0.29, 0.717) is 6.04 Å². The fourth-order valence-corrected chi connectivity index (χ4v) is 4.53. The van der Waals surface area contributed by atoms with Crippen molar-refractivity contribution in [2.75, 3.05) is 6.54 Å². The molecule has 3 rings (SSSR count). The second kappa shape index (κ2) is 5.07. The molecule has 2 bridgehead atoms. The molecule has 2 nitrogen and oxygen atoms in total. The van der Waals surface area contributed by atoms with Gasteiger partial charge in [0, 0.05) is 11.6 Å². The predicted octanol–water partition coefficient (Wildman–Crippen LogP) is 3.62. The van der Waals surface area contributed by atoms with E-state index in [0.717, 1.165) is 24.2 Å². The molecule has 94 valence electrons. The minimum atomic E-state index is 0.481. The molecule has 0 aromatic carbocycles. The van der Waals surface area contributed by atoms with Crippen LogP contribution in [0.2, 0.25) is 0 Å². The highest BCUT2D eigenvalue weighted by Crippen LogP contribution is 2.48. The topological polar surface area (TPSA) is 24.9 Å². The quantitative estimate of drug-likeness (QED) is 0.863. The van der Waals surface area contributed by atoms with E-state index in [1.807, 2.05) is 6.20 Å². The summed E-state index contributed by atoms with van der Waals surface area (Å²) in [6.45, 7) is 3.46. The third-order valence-electron chi connectivity index (χ3n) is 4.67. The molecule has 0 saturated heterocycles. The van der Waals surface area contributed by atoms with Crippen LogP contribution in [-0.2, 0) is 0 Å². The van der Waals surface area contributed by atoms with Crippen molar-refractivity contribution in [2.45, 2.75) is 45.1 Å². The molecule has 2 fully saturated rings. The van der Waals surface area contributed by atoms with Crippen LogP contribution in [0, 0.1) is 17.8 Å². The summed E-state index contributed by atoms with van der Waals surface area (Å²) in [5.74, 6) is 3.04.